The Kier molecular flexibility index (Phi) is 3.55. The van der Waals surface area contributed by atoms with Gasteiger partial charge in [0.25, 0.3) is 0 Å². The molecule has 0 saturated carbocycles. The third-order valence-corrected chi connectivity index (χ3v) is 2.29. The number of rotatable bonds is 4. The zero-order valence-electron chi connectivity index (χ0n) is 8.95. The molecule has 1 aromatic carbocycles. The first-order valence-electron chi connectivity index (χ1n) is 4.94. The molecule has 1 aromatic rings. The minimum absolute atomic E-state index is 0.218. The molecule has 4 N–H and O–H groups in total. The summed E-state index contributed by atoms with van der Waals surface area (Å²) in [6.45, 7) is 4.04. The average molecular weight is 208 g/mol. The molecule has 15 heavy (non-hydrogen) atoms. The summed E-state index contributed by atoms with van der Waals surface area (Å²) in [6.07, 6.45) is 0.934. The minimum atomic E-state index is -0.965. The molecule has 1 rings (SSSR count). The van der Waals surface area contributed by atoms with Crippen molar-refractivity contribution in [2.24, 2.45) is 0 Å². The Labute approximate surface area is 89.1 Å². The van der Waals surface area contributed by atoms with E-state index in [0.29, 0.717) is 11.4 Å². The van der Waals surface area contributed by atoms with Crippen LogP contribution in [-0.4, -0.2) is 17.1 Å². The second kappa shape index (κ2) is 4.68. The molecule has 0 radical (unpaired) electrons. The van der Waals surface area contributed by atoms with Crippen LogP contribution in [0.1, 0.15) is 30.6 Å². The van der Waals surface area contributed by atoms with Gasteiger partial charge in [0, 0.05) is 17.4 Å². The quantitative estimate of drug-likeness (QED) is 0.663. The molecule has 0 heterocycles. The Morgan fingerprint density at radius 3 is 2.80 bits per heavy atom. The topological polar surface area (TPSA) is 75.3 Å². The Balaban J connectivity index is 3.01. The number of nitrogen functional groups attached to an aromatic ring is 1. The molecule has 4 nitrogen and oxygen atoms in total. The number of hydrogen-bond donors (Lipinski definition) is 3. The maximum atomic E-state index is 10.9. The van der Waals surface area contributed by atoms with Gasteiger partial charge in [-0.05, 0) is 31.5 Å². The Bertz CT molecular complexity index is 364. The summed E-state index contributed by atoms with van der Waals surface area (Å²) in [6, 6.07) is 5.10. The summed E-state index contributed by atoms with van der Waals surface area (Å²) >= 11 is 0. The van der Waals surface area contributed by atoms with Gasteiger partial charge in [0.2, 0.25) is 0 Å². The van der Waals surface area contributed by atoms with Crippen LogP contribution in [0.4, 0.5) is 11.4 Å². The highest BCUT2D eigenvalue weighted by molar-refractivity contribution is 5.95. The first kappa shape index (κ1) is 11.4. The van der Waals surface area contributed by atoms with E-state index in [1.165, 1.54) is 6.07 Å². The molecule has 0 aliphatic carbocycles. The Hall–Kier alpha value is -1.71. The van der Waals surface area contributed by atoms with Gasteiger partial charge in [0.15, 0.2) is 0 Å². The molecule has 0 fully saturated rings. The van der Waals surface area contributed by atoms with E-state index in [4.69, 9.17) is 10.8 Å². The normalized spacial score (nSPS) is 12.1. The third-order valence-electron chi connectivity index (χ3n) is 2.29. The molecule has 0 aliphatic rings. The van der Waals surface area contributed by atoms with Crippen molar-refractivity contribution in [1.82, 2.24) is 0 Å². The van der Waals surface area contributed by atoms with Gasteiger partial charge in [-0.2, -0.15) is 0 Å². The highest BCUT2D eigenvalue weighted by Gasteiger charge is 2.11. The van der Waals surface area contributed by atoms with Crippen molar-refractivity contribution in [1.29, 1.82) is 0 Å². The monoisotopic (exact) mass is 208 g/mol. The summed E-state index contributed by atoms with van der Waals surface area (Å²) in [5, 5.41) is 12.1. The van der Waals surface area contributed by atoms with Crippen LogP contribution in [-0.2, 0) is 0 Å². The van der Waals surface area contributed by atoms with Gasteiger partial charge in [-0.3, -0.25) is 0 Å². The van der Waals surface area contributed by atoms with Gasteiger partial charge < -0.3 is 16.2 Å². The van der Waals surface area contributed by atoms with Crippen LogP contribution in [0.2, 0.25) is 0 Å². The van der Waals surface area contributed by atoms with Crippen LogP contribution in [0.15, 0.2) is 18.2 Å². The SMILES string of the molecule is CCC(C)Nc1ccc(N)cc1C(=O)O. The van der Waals surface area contributed by atoms with Crippen molar-refractivity contribution in [3.8, 4) is 0 Å². The second-order valence-corrected chi connectivity index (χ2v) is 3.56. The molecule has 4 heteroatoms. The summed E-state index contributed by atoms with van der Waals surface area (Å²) in [5.74, 6) is -0.965. The number of carboxylic acids is 1. The van der Waals surface area contributed by atoms with Crippen LogP contribution in [0.25, 0.3) is 0 Å². The largest absolute Gasteiger partial charge is 0.478 e. The number of aromatic carboxylic acids is 1. The number of hydrogen-bond acceptors (Lipinski definition) is 3. The minimum Gasteiger partial charge on any atom is -0.478 e. The predicted octanol–water partition coefficient (Wildman–Crippen LogP) is 2.18. The van der Waals surface area contributed by atoms with Gasteiger partial charge in [-0.25, -0.2) is 4.79 Å². The number of carbonyl (C=O) groups is 1. The van der Waals surface area contributed by atoms with Crippen molar-refractivity contribution in [3.63, 3.8) is 0 Å². The maximum Gasteiger partial charge on any atom is 0.337 e. The summed E-state index contributed by atoms with van der Waals surface area (Å²) < 4.78 is 0. The van der Waals surface area contributed by atoms with Crippen molar-refractivity contribution >= 4 is 17.3 Å². The van der Waals surface area contributed by atoms with Crippen molar-refractivity contribution in [2.45, 2.75) is 26.3 Å². The Morgan fingerprint density at radius 1 is 1.60 bits per heavy atom. The van der Waals surface area contributed by atoms with E-state index in [0.717, 1.165) is 6.42 Å². The van der Waals surface area contributed by atoms with Crippen molar-refractivity contribution in [2.75, 3.05) is 11.1 Å². The first-order chi connectivity index (χ1) is 7.04. The smallest absolute Gasteiger partial charge is 0.337 e. The van der Waals surface area contributed by atoms with Crippen molar-refractivity contribution < 1.29 is 9.90 Å². The van der Waals surface area contributed by atoms with Crippen LogP contribution in [0, 0.1) is 0 Å². The van der Waals surface area contributed by atoms with Crippen LogP contribution in [0.3, 0.4) is 0 Å². The lowest BCUT2D eigenvalue weighted by Crippen LogP contribution is -2.16. The highest BCUT2D eigenvalue weighted by atomic mass is 16.4. The number of nitrogens with one attached hydrogen (secondary N) is 1. The summed E-state index contributed by atoms with van der Waals surface area (Å²) in [4.78, 5) is 10.9. The summed E-state index contributed by atoms with van der Waals surface area (Å²) in [5.41, 5.74) is 6.83. The molecule has 0 aromatic heterocycles. The van der Waals surface area contributed by atoms with E-state index in [-0.39, 0.29) is 11.6 Å². The molecule has 1 atom stereocenters. The van der Waals surface area contributed by atoms with Gasteiger partial charge in [-0.15, -0.1) is 0 Å². The van der Waals surface area contributed by atoms with E-state index < -0.39 is 5.97 Å². The maximum absolute atomic E-state index is 10.9. The first-order valence-corrected chi connectivity index (χ1v) is 4.94. The van der Waals surface area contributed by atoms with E-state index in [1.54, 1.807) is 12.1 Å². The highest BCUT2D eigenvalue weighted by Crippen LogP contribution is 2.20. The van der Waals surface area contributed by atoms with E-state index in [2.05, 4.69) is 5.32 Å². The molecule has 0 saturated heterocycles. The van der Waals surface area contributed by atoms with Gasteiger partial charge in [0.1, 0.15) is 0 Å². The molecule has 0 aliphatic heterocycles. The van der Waals surface area contributed by atoms with E-state index in [9.17, 15) is 4.79 Å². The summed E-state index contributed by atoms with van der Waals surface area (Å²) in [7, 11) is 0. The number of carboxylic acid groups (broad SMARTS) is 1. The Morgan fingerprint density at radius 2 is 2.27 bits per heavy atom. The molecule has 0 spiro atoms. The third kappa shape index (κ3) is 2.87. The number of benzene rings is 1. The van der Waals surface area contributed by atoms with E-state index in [1.807, 2.05) is 13.8 Å². The molecule has 0 amide bonds. The molecule has 1 unspecified atom stereocenters. The number of nitrogens with two attached hydrogens (primary N) is 1. The lowest BCUT2D eigenvalue weighted by Gasteiger charge is -2.15. The molecule has 0 bridgehead atoms. The lowest BCUT2D eigenvalue weighted by atomic mass is 10.1. The van der Waals surface area contributed by atoms with Crippen LogP contribution < -0.4 is 11.1 Å². The molecular weight excluding hydrogens is 192 g/mol. The fourth-order valence-corrected chi connectivity index (χ4v) is 1.23. The van der Waals surface area contributed by atoms with Gasteiger partial charge >= 0.3 is 5.97 Å². The van der Waals surface area contributed by atoms with E-state index >= 15 is 0 Å². The second-order valence-electron chi connectivity index (χ2n) is 3.56. The fourth-order valence-electron chi connectivity index (χ4n) is 1.23. The zero-order valence-corrected chi connectivity index (χ0v) is 8.95. The molecule has 82 valence electrons. The van der Waals surface area contributed by atoms with Crippen molar-refractivity contribution in [3.05, 3.63) is 23.8 Å². The van der Waals surface area contributed by atoms with Gasteiger partial charge in [0.05, 0.1) is 5.56 Å². The van der Waals surface area contributed by atoms with Gasteiger partial charge in [-0.1, -0.05) is 6.92 Å². The predicted molar refractivity (Wildman–Crippen MR) is 61.2 cm³/mol. The lowest BCUT2D eigenvalue weighted by molar-refractivity contribution is 0.0698. The number of anilines is 2. The molecular formula is C11H16N2O2. The fraction of sp³-hybridized carbons (Fsp3) is 0.364. The standard InChI is InChI=1S/C11H16N2O2/c1-3-7(2)13-10-5-4-8(12)6-9(10)11(14)15/h4-7,13H,3,12H2,1-2H3,(H,14,15). The zero-order chi connectivity index (χ0) is 11.4. The van der Waals surface area contributed by atoms with Crippen LogP contribution >= 0.6 is 0 Å². The van der Waals surface area contributed by atoms with Crippen LogP contribution in [0.5, 0.6) is 0 Å². The average Bonchev–Trinajstić information content (AvgIpc) is 2.20.